The van der Waals surface area contributed by atoms with Crippen LogP contribution in [0.15, 0.2) is 67.5 Å². The molecule has 0 atom stereocenters. The second-order valence-corrected chi connectivity index (χ2v) is 9.69. The van der Waals surface area contributed by atoms with Crippen molar-refractivity contribution in [2.45, 2.75) is 12.8 Å². The molecule has 0 unspecified atom stereocenters. The molecule has 0 bridgehead atoms. The van der Waals surface area contributed by atoms with Crippen LogP contribution < -0.4 is 4.74 Å². The topological polar surface area (TPSA) is 108 Å². The van der Waals surface area contributed by atoms with E-state index >= 15 is 0 Å². The van der Waals surface area contributed by atoms with Crippen LogP contribution in [0.5, 0.6) is 5.75 Å². The molecule has 1 saturated heterocycles. The minimum absolute atomic E-state index is 0.360. The number of aromatic nitrogens is 7. The van der Waals surface area contributed by atoms with Gasteiger partial charge in [0.05, 0.1) is 28.8 Å². The Kier molecular flexibility index (Phi) is 5.93. The van der Waals surface area contributed by atoms with Gasteiger partial charge in [0, 0.05) is 58.6 Å². The zero-order chi connectivity index (χ0) is 26.2. The number of nitrogens with one attached hydrogen (secondary N) is 2. The molecular weight excluding hydrogens is 495 g/mol. The zero-order valence-corrected chi connectivity index (χ0v) is 21.1. The summed E-state index contributed by atoms with van der Waals surface area (Å²) in [6.07, 6.45) is 10.9. The third-order valence-electron chi connectivity index (χ3n) is 7.13. The Morgan fingerprint density at radius 3 is 2.59 bits per heavy atom. The van der Waals surface area contributed by atoms with Crippen LogP contribution in [-0.2, 0) is 0 Å². The highest BCUT2D eigenvalue weighted by Crippen LogP contribution is 2.35. The lowest BCUT2D eigenvalue weighted by Crippen LogP contribution is -2.25. The number of aromatic amines is 2. The summed E-state index contributed by atoms with van der Waals surface area (Å²) in [5.74, 6) is 0.142. The number of fused-ring (bicyclic) bond motifs is 2. The number of likely N-dealkylation sites (tertiary alicyclic amines) is 1. The number of rotatable bonds is 7. The van der Waals surface area contributed by atoms with Gasteiger partial charge in [-0.1, -0.05) is 0 Å². The maximum atomic E-state index is 14.7. The molecule has 0 spiro atoms. The molecule has 5 aromatic heterocycles. The number of ether oxygens (including phenoxy) is 1. The summed E-state index contributed by atoms with van der Waals surface area (Å²) in [7, 11) is 0. The molecule has 10 heteroatoms. The molecule has 0 radical (unpaired) electrons. The standard InChI is InChI=1S/C29H25FN8O/c30-20-9-18(10-21(11-20)39-8-7-38-5-1-2-6-38)28-22-13-26(35-24(22)3-4-33-28)29-23-12-25(19-14-31-17-32-15-19)34-16-27(23)36-37-29/h3-4,9-17,35H,1-2,5-8H2,(H,36,37). The molecule has 0 amide bonds. The van der Waals surface area contributed by atoms with Crippen LogP contribution in [0.1, 0.15) is 12.8 Å². The Morgan fingerprint density at radius 1 is 0.872 bits per heavy atom. The first-order chi connectivity index (χ1) is 19.2. The Labute approximate surface area is 223 Å². The second kappa shape index (κ2) is 9.88. The van der Waals surface area contributed by atoms with E-state index in [0.717, 1.165) is 64.1 Å². The molecule has 1 fully saturated rings. The first-order valence-corrected chi connectivity index (χ1v) is 12.9. The van der Waals surface area contributed by atoms with Crippen molar-refractivity contribution in [3.8, 4) is 39.7 Å². The highest BCUT2D eigenvalue weighted by atomic mass is 19.1. The molecule has 7 rings (SSSR count). The normalized spacial score (nSPS) is 14.0. The van der Waals surface area contributed by atoms with E-state index in [1.54, 1.807) is 24.8 Å². The van der Waals surface area contributed by atoms with E-state index in [0.29, 0.717) is 23.6 Å². The molecule has 6 aromatic rings. The fraction of sp³-hybridized carbons (Fsp3) is 0.207. The molecular formula is C29H25FN8O. The van der Waals surface area contributed by atoms with Crippen LogP contribution in [0.2, 0.25) is 0 Å². The number of H-pyrrole nitrogens is 2. The van der Waals surface area contributed by atoms with Gasteiger partial charge in [0.15, 0.2) is 0 Å². The Balaban J connectivity index is 1.23. The van der Waals surface area contributed by atoms with Crippen molar-refractivity contribution in [2.75, 3.05) is 26.2 Å². The van der Waals surface area contributed by atoms with Crippen molar-refractivity contribution in [2.24, 2.45) is 0 Å². The molecule has 2 N–H and O–H groups in total. The predicted molar refractivity (Wildman–Crippen MR) is 147 cm³/mol. The largest absolute Gasteiger partial charge is 0.492 e. The third kappa shape index (κ3) is 4.59. The van der Waals surface area contributed by atoms with Crippen molar-refractivity contribution in [3.63, 3.8) is 0 Å². The molecule has 194 valence electrons. The molecule has 0 saturated carbocycles. The van der Waals surface area contributed by atoms with Crippen LogP contribution in [0.3, 0.4) is 0 Å². The van der Waals surface area contributed by atoms with E-state index < -0.39 is 0 Å². The minimum atomic E-state index is -0.360. The van der Waals surface area contributed by atoms with E-state index in [2.05, 4.69) is 40.0 Å². The number of pyridine rings is 2. The van der Waals surface area contributed by atoms with Crippen LogP contribution in [0.4, 0.5) is 4.39 Å². The number of hydrogen-bond donors (Lipinski definition) is 2. The number of nitrogens with zero attached hydrogens (tertiary/aromatic N) is 6. The lowest BCUT2D eigenvalue weighted by molar-refractivity contribution is 0.237. The van der Waals surface area contributed by atoms with E-state index in [9.17, 15) is 4.39 Å². The van der Waals surface area contributed by atoms with Crippen molar-refractivity contribution in [1.82, 2.24) is 40.0 Å². The summed E-state index contributed by atoms with van der Waals surface area (Å²) in [6, 6.07) is 10.6. The van der Waals surface area contributed by atoms with Gasteiger partial charge in [0.2, 0.25) is 0 Å². The van der Waals surface area contributed by atoms with E-state index in [1.807, 2.05) is 24.3 Å². The first kappa shape index (κ1) is 23.4. The van der Waals surface area contributed by atoms with E-state index in [-0.39, 0.29) is 5.82 Å². The Bertz CT molecular complexity index is 1780. The maximum Gasteiger partial charge on any atom is 0.127 e. The molecule has 1 aliphatic rings. The number of hydrogen-bond acceptors (Lipinski definition) is 7. The molecule has 6 heterocycles. The maximum absolute atomic E-state index is 14.7. The summed E-state index contributed by atoms with van der Waals surface area (Å²) in [5, 5.41) is 9.39. The molecule has 1 aliphatic heterocycles. The summed E-state index contributed by atoms with van der Waals surface area (Å²) in [6.45, 7) is 3.56. The lowest BCUT2D eigenvalue weighted by atomic mass is 10.1. The fourth-order valence-electron chi connectivity index (χ4n) is 5.20. The Morgan fingerprint density at radius 2 is 1.72 bits per heavy atom. The van der Waals surface area contributed by atoms with Gasteiger partial charge in [0.25, 0.3) is 0 Å². The lowest BCUT2D eigenvalue weighted by Gasteiger charge is -2.15. The van der Waals surface area contributed by atoms with E-state index in [4.69, 9.17) is 4.74 Å². The summed E-state index contributed by atoms with van der Waals surface area (Å²) in [5.41, 5.74) is 6.14. The molecule has 0 aliphatic carbocycles. The summed E-state index contributed by atoms with van der Waals surface area (Å²) in [4.78, 5) is 23.2. The smallest absolute Gasteiger partial charge is 0.127 e. The van der Waals surface area contributed by atoms with Crippen LogP contribution in [-0.4, -0.2) is 66.3 Å². The van der Waals surface area contributed by atoms with Crippen molar-refractivity contribution >= 4 is 21.8 Å². The van der Waals surface area contributed by atoms with Gasteiger partial charge in [-0.3, -0.25) is 20.0 Å². The monoisotopic (exact) mass is 520 g/mol. The second-order valence-electron chi connectivity index (χ2n) is 9.69. The van der Waals surface area contributed by atoms with Gasteiger partial charge in [-0.2, -0.15) is 5.10 Å². The molecule has 39 heavy (non-hydrogen) atoms. The van der Waals surface area contributed by atoms with Crippen LogP contribution >= 0.6 is 0 Å². The summed E-state index contributed by atoms with van der Waals surface area (Å²) >= 11 is 0. The fourth-order valence-corrected chi connectivity index (χ4v) is 5.20. The van der Waals surface area contributed by atoms with Crippen molar-refractivity contribution in [1.29, 1.82) is 0 Å². The average Bonchev–Trinajstić information content (AvgIpc) is 3.72. The van der Waals surface area contributed by atoms with Crippen LogP contribution in [0.25, 0.3) is 55.7 Å². The van der Waals surface area contributed by atoms with Gasteiger partial charge in [-0.15, -0.1) is 0 Å². The van der Waals surface area contributed by atoms with Crippen molar-refractivity contribution < 1.29 is 9.13 Å². The zero-order valence-electron chi connectivity index (χ0n) is 21.1. The first-order valence-electron chi connectivity index (χ1n) is 12.9. The highest BCUT2D eigenvalue weighted by Gasteiger charge is 2.17. The highest BCUT2D eigenvalue weighted by molar-refractivity contribution is 6.00. The summed E-state index contributed by atoms with van der Waals surface area (Å²) < 4.78 is 20.6. The van der Waals surface area contributed by atoms with E-state index in [1.165, 1.54) is 31.3 Å². The molecule has 9 nitrogen and oxygen atoms in total. The van der Waals surface area contributed by atoms with Gasteiger partial charge >= 0.3 is 0 Å². The molecule has 1 aromatic carbocycles. The van der Waals surface area contributed by atoms with Crippen molar-refractivity contribution in [3.05, 3.63) is 73.3 Å². The van der Waals surface area contributed by atoms with Gasteiger partial charge in [-0.05, 0) is 56.3 Å². The number of halogens is 1. The average molecular weight is 521 g/mol. The minimum Gasteiger partial charge on any atom is -0.492 e. The SMILES string of the molecule is Fc1cc(OCCN2CCCC2)cc(-c2nccc3[nH]c(-c4n[nH]c5cnc(-c6cncnc6)cc45)cc23)c1. The van der Waals surface area contributed by atoms with Gasteiger partial charge in [0.1, 0.15) is 30.2 Å². The van der Waals surface area contributed by atoms with Gasteiger partial charge < -0.3 is 9.72 Å². The quantitative estimate of drug-likeness (QED) is 0.296. The number of benzene rings is 1. The van der Waals surface area contributed by atoms with Crippen LogP contribution in [0, 0.1) is 5.82 Å². The predicted octanol–water partition coefficient (Wildman–Crippen LogP) is 5.24. The Hall–Kier alpha value is -4.70. The third-order valence-corrected chi connectivity index (χ3v) is 7.13. The van der Waals surface area contributed by atoms with Gasteiger partial charge in [-0.25, -0.2) is 14.4 Å².